The molecule has 0 saturated carbocycles. The fourth-order valence-corrected chi connectivity index (χ4v) is 1.81. The smallest absolute Gasteiger partial charge is 0.134 e. The summed E-state index contributed by atoms with van der Waals surface area (Å²) in [4.78, 5) is 4.57. The molecule has 2 rings (SSSR count). The molecule has 0 bridgehead atoms. The van der Waals surface area contributed by atoms with Crippen LogP contribution in [0.4, 0.5) is 5.82 Å². The third kappa shape index (κ3) is 2.74. The maximum Gasteiger partial charge on any atom is 0.134 e. The van der Waals surface area contributed by atoms with Crippen molar-refractivity contribution in [1.29, 1.82) is 0 Å². The van der Waals surface area contributed by atoms with E-state index in [2.05, 4.69) is 43.2 Å². The van der Waals surface area contributed by atoms with Gasteiger partial charge in [0.05, 0.1) is 5.69 Å². The number of rotatable bonds is 2. The summed E-state index contributed by atoms with van der Waals surface area (Å²) >= 11 is 0. The molecule has 3 N–H and O–H groups in total. The fraction of sp³-hybridized carbons (Fsp3) is 0.357. The van der Waals surface area contributed by atoms with E-state index in [0.717, 1.165) is 16.9 Å². The topological polar surface area (TPSA) is 50.9 Å². The van der Waals surface area contributed by atoms with Gasteiger partial charge < -0.3 is 11.1 Å². The molecule has 17 heavy (non-hydrogen) atoms. The zero-order valence-corrected chi connectivity index (χ0v) is 10.6. The molecule has 0 aliphatic heterocycles. The lowest BCUT2D eigenvalue weighted by molar-refractivity contribution is 0.631. The van der Waals surface area contributed by atoms with Gasteiger partial charge in [0.2, 0.25) is 0 Å². The molecule has 0 aliphatic carbocycles. The second-order valence-corrected chi connectivity index (χ2v) is 5.26. The summed E-state index contributed by atoms with van der Waals surface area (Å²) in [7, 11) is 0. The van der Waals surface area contributed by atoms with Crippen LogP contribution in [0.3, 0.4) is 0 Å². The standard InChI is InChI=1S/C14H19N3/c1-14(2,3)17-13-12-7-5-4-6-10(12)8-11(9-15)16-13/h4-8H,9,15H2,1-3H3,(H,16,17). The molecular weight excluding hydrogens is 210 g/mol. The van der Waals surface area contributed by atoms with Gasteiger partial charge in [-0.2, -0.15) is 0 Å². The van der Waals surface area contributed by atoms with E-state index in [0.29, 0.717) is 6.54 Å². The minimum Gasteiger partial charge on any atom is -0.365 e. The minimum absolute atomic E-state index is 0.0109. The quantitative estimate of drug-likeness (QED) is 0.832. The lowest BCUT2D eigenvalue weighted by Crippen LogP contribution is -2.27. The Morgan fingerprint density at radius 3 is 2.59 bits per heavy atom. The Morgan fingerprint density at radius 1 is 1.24 bits per heavy atom. The molecule has 0 saturated heterocycles. The molecule has 0 amide bonds. The molecule has 0 spiro atoms. The van der Waals surface area contributed by atoms with Crippen molar-refractivity contribution in [2.24, 2.45) is 5.73 Å². The first-order valence-corrected chi connectivity index (χ1v) is 5.86. The van der Waals surface area contributed by atoms with Crippen molar-refractivity contribution in [3.8, 4) is 0 Å². The van der Waals surface area contributed by atoms with E-state index in [1.54, 1.807) is 0 Å². The van der Waals surface area contributed by atoms with Gasteiger partial charge in [-0.15, -0.1) is 0 Å². The predicted molar refractivity (Wildman–Crippen MR) is 73.0 cm³/mol. The predicted octanol–water partition coefficient (Wildman–Crippen LogP) is 2.90. The number of aromatic nitrogens is 1. The van der Waals surface area contributed by atoms with Crippen LogP contribution in [0, 0.1) is 0 Å². The average molecular weight is 229 g/mol. The number of nitrogens with two attached hydrogens (primary N) is 1. The number of nitrogens with one attached hydrogen (secondary N) is 1. The summed E-state index contributed by atoms with van der Waals surface area (Å²) < 4.78 is 0. The number of nitrogens with zero attached hydrogens (tertiary/aromatic N) is 1. The molecule has 2 aromatic rings. The van der Waals surface area contributed by atoms with Crippen LogP contribution < -0.4 is 11.1 Å². The Balaban J connectivity index is 2.58. The van der Waals surface area contributed by atoms with E-state index in [9.17, 15) is 0 Å². The summed E-state index contributed by atoms with van der Waals surface area (Å²) in [6, 6.07) is 10.3. The third-order valence-electron chi connectivity index (χ3n) is 2.50. The van der Waals surface area contributed by atoms with Crippen molar-refractivity contribution >= 4 is 16.6 Å². The Morgan fingerprint density at radius 2 is 1.94 bits per heavy atom. The molecule has 1 heterocycles. The Kier molecular flexibility index (Phi) is 3.03. The van der Waals surface area contributed by atoms with E-state index < -0.39 is 0 Å². The van der Waals surface area contributed by atoms with Crippen molar-refractivity contribution in [3.05, 3.63) is 36.0 Å². The highest BCUT2D eigenvalue weighted by molar-refractivity contribution is 5.92. The van der Waals surface area contributed by atoms with Crippen LogP contribution >= 0.6 is 0 Å². The summed E-state index contributed by atoms with van der Waals surface area (Å²) in [5, 5.41) is 5.75. The molecule has 0 atom stereocenters. The monoisotopic (exact) mass is 229 g/mol. The van der Waals surface area contributed by atoms with Crippen LogP contribution in [-0.2, 0) is 6.54 Å². The zero-order valence-electron chi connectivity index (χ0n) is 10.6. The highest BCUT2D eigenvalue weighted by Crippen LogP contribution is 2.24. The molecular formula is C14H19N3. The van der Waals surface area contributed by atoms with E-state index in [1.165, 1.54) is 5.39 Å². The number of fused-ring (bicyclic) bond motifs is 1. The van der Waals surface area contributed by atoms with Gasteiger partial charge in [-0.1, -0.05) is 24.3 Å². The lowest BCUT2D eigenvalue weighted by Gasteiger charge is -2.23. The second-order valence-electron chi connectivity index (χ2n) is 5.26. The Bertz CT molecular complexity index is 526. The highest BCUT2D eigenvalue weighted by atomic mass is 15.0. The van der Waals surface area contributed by atoms with Crippen molar-refractivity contribution in [2.75, 3.05) is 5.32 Å². The summed E-state index contributed by atoms with van der Waals surface area (Å²) in [5.74, 6) is 0.913. The molecule has 0 aliphatic rings. The normalized spacial score (nSPS) is 11.8. The zero-order chi connectivity index (χ0) is 12.5. The van der Waals surface area contributed by atoms with E-state index in [1.807, 2.05) is 18.2 Å². The van der Waals surface area contributed by atoms with Gasteiger partial charge >= 0.3 is 0 Å². The van der Waals surface area contributed by atoms with Crippen LogP contribution in [-0.4, -0.2) is 10.5 Å². The van der Waals surface area contributed by atoms with Crippen LogP contribution in [0.25, 0.3) is 10.8 Å². The number of pyridine rings is 1. The van der Waals surface area contributed by atoms with Crippen molar-refractivity contribution in [3.63, 3.8) is 0 Å². The molecule has 0 radical (unpaired) electrons. The number of anilines is 1. The first-order valence-electron chi connectivity index (χ1n) is 5.86. The summed E-state index contributed by atoms with van der Waals surface area (Å²) in [6.45, 7) is 6.83. The SMILES string of the molecule is CC(C)(C)Nc1nc(CN)cc2ccccc12. The van der Waals surface area contributed by atoms with Crippen molar-refractivity contribution in [2.45, 2.75) is 32.9 Å². The van der Waals surface area contributed by atoms with Gasteiger partial charge in [-0.3, -0.25) is 0 Å². The fourth-order valence-electron chi connectivity index (χ4n) is 1.81. The third-order valence-corrected chi connectivity index (χ3v) is 2.50. The van der Waals surface area contributed by atoms with Gasteiger partial charge in [0.15, 0.2) is 0 Å². The average Bonchev–Trinajstić information content (AvgIpc) is 2.26. The van der Waals surface area contributed by atoms with E-state index >= 15 is 0 Å². The molecule has 3 nitrogen and oxygen atoms in total. The Labute approximate surface area is 102 Å². The van der Waals surface area contributed by atoms with Crippen molar-refractivity contribution < 1.29 is 0 Å². The second kappa shape index (κ2) is 4.34. The van der Waals surface area contributed by atoms with Crippen LogP contribution in [0.1, 0.15) is 26.5 Å². The number of hydrogen-bond acceptors (Lipinski definition) is 3. The molecule has 1 aromatic carbocycles. The highest BCUT2D eigenvalue weighted by Gasteiger charge is 2.13. The van der Waals surface area contributed by atoms with Crippen molar-refractivity contribution in [1.82, 2.24) is 4.98 Å². The summed E-state index contributed by atoms with van der Waals surface area (Å²) in [6.07, 6.45) is 0. The van der Waals surface area contributed by atoms with Gasteiger partial charge in [0.25, 0.3) is 0 Å². The maximum atomic E-state index is 5.68. The summed E-state index contributed by atoms with van der Waals surface area (Å²) in [5.41, 5.74) is 6.58. The van der Waals surface area contributed by atoms with Crippen LogP contribution in [0.5, 0.6) is 0 Å². The molecule has 90 valence electrons. The molecule has 0 unspecified atom stereocenters. The minimum atomic E-state index is -0.0109. The number of benzene rings is 1. The lowest BCUT2D eigenvalue weighted by atomic mass is 10.1. The number of hydrogen-bond donors (Lipinski definition) is 2. The first-order chi connectivity index (χ1) is 7.99. The first kappa shape index (κ1) is 11.9. The van der Waals surface area contributed by atoms with E-state index in [-0.39, 0.29) is 5.54 Å². The van der Waals surface area contributed by atoms with Crippen LogP contribution in [0.2, 0.25) is 0 Å². The van der Waals surface area contributed by atoms with Crippen LogP contribution in [0.15, 0.2) is 30.3 Å². The van der Waals surface area contributed by atoms with Gasteiger partial charge in [0, 0.05) is 17.5 Å². The molecule has 3 heteroatoms. The maximum absolute atomic E-state index is 5.68. The van der Waals surface area contributed by atoms with Gasteiger partial charge in [0.1, 0.15) is 5.82 Å². The Hall–Kier alpha value is -1.61. The largest absolute Gasteiger partial charge is 0.365 e. The molecule has 1 aromatic heterocycles. The van der Waals surface area contributed by atoms with Gasteiger partial charge in [-0.05, 0) is 32.2 Å². The molecule has 0 fully saturated rings. The van der Waals surface area contributed by atoms with Gasteiger partial charge in [-0.25, -0.2) is 4.98 Å². The van der Waals surface area contributed by atoms with E-state index in [4.69, 9.17) is 5.73 Å².